The Bertz CT molecular complexity index is 2720. The number of aldehydes is 2. The molecule has 26 heteroatoms. The van der Waals surface area contributed by atoms with Gasteiger partial charge < -0.3 is 30.1 Å². The first-order valence-corrected chi connectivity index (χ1v) is 23.1. The molecule has 2 aromatic carbocycles. The van der Waals surface area contributed by atoms with Crippen molar-refractivity contribution in [2.75, 3.05) is 59.0 Å². The van der Waals surface area contributed by atoms with Crippen molar-refractivity contribution in [3.63, 3.8) is 0 Å². The van der Waals surface area contributed by atoms with Crippen molar-refractivity contribution in [2.45, 2.75) is 37.7 Å². The zero-order valence-corrected chi connectivity index (χ0v) is 37.8. The van der Waals surface area contributed by atoms with E-state index in [2.05, 4.69) is 60.7 Å². The minimum absolute atomic E-state index is 0.0198. The van der Waals surface area contributed by atoms with Gasteiger partial charge in [0.25, 0.3) is 0 Å². The molecule has 63 heavy (non-hydrogen) atoms. The van der Waals surface area contributed by atoms with Gasteiger partial charge in [0.15, 0.2) is 33.8 Å². The second kappa shape index (κ2) is 24.3. The summed E-state index contributed by atoms with van der Waals surface area (Å²) < 4.78 is 47.1. The number of nitriles is 1. The number of azo groups is 2. The number of benzene rings is 2. The molecule has 5 rings (SSSR count). The van der Waals surface area contributed by atoms with E-state index in [-0.39, 0.29) is 66.1 Å². The van der Waals surface area contributed by atoms with Crippen LogP contribution < -0.4 is 20.4 Å². The number of thiophene rings is 2. The quantitative estimate of drug-likeness (QED) is 0.0186. The highest BCUT2D eigenvalue weighted by Crippen LogP contribution is 2.41. The molecular weight excluding hydrogens is 915 g/mol. The molecule has 4 N–H and O–H groups in total. The number of rotatable bonds is 20. The predicted octanol–water partition coefficient (Wildman–Crippen LogP) is 8.71. The second-order valence-electron chi connectivity index (χ2n) is 12.0. The van der Waals surface area contributed by atoms with Gasteiger partial charge in [-0.1, -0.05) is 11.8 Å². The summed E-state index contributed by atoms with van der Waals surface area (Å²) >= 11 is 0.409. The number of thioether (sulfide) groups is 1. The summed E-state index contributed by atoms with van der Waals surface area (Å²) in [6, 6.07) is 14.2. The number of hydrogen-bond donors (Lipinski definition) is 4. The van der Waals surface area contributed by atoms with E-state index in [0.29, 0.717) is 47.6 Å². The van der Waals surface area contributed by atoms with E-state index in [9.17, 15) is 28.7 Å². The molecule has 0 radical (unpaired) electrons. The van der Waals surface area contributed by atoms with Gasteiger partial charge in [0.05, 0.1) is 34.3 Å². The van der Waals surface area contributed by atoms with Crippen LogP contribution in [0.15, 0.2) is 73.0 Å². The fraction of sp³-hybridized carbons (Fsp3) is 0.270. The first-order valence-electron chi connectivity index (χ1n) is 18.4. The van der Waals surface area contributed by atoms with Gasteiger partial charge in [0.1, 0.15) is 32.9 Å². The van der Waals surface area contributed by atoms with E-state index >= 15 is 0 Å². The van der Waals surface area contributed by atoms with Gasteiger partial charge in [0, 0.05) is 43.3 Å². The Hall–Kier alpha value is -6.39. The van der Waals surface area contributed by atoms with Crippen LogP contribution in [-0.2, 0) is 21.7 Å². The average molecular weight is 952 g/mol. The van der Waals surface area contributed by atoms with Gasteiger partial charge in [-0.2, -0.15) is 25.3 Å². The Balaban J connectivity index is 0.00000209. The number of hydrogen-bond acceptors (Lipinski definition) is 22. The summed E-state index contributed by atoms with van der Waals surface area (Å²) in [5.41, 5.74) is 3.26. The van der Waals surface area contributed by atoms with E-state index in [1.807, 2.05) is 58.0 Å². The van der Waals surface area contributed by atoms with Crippen molar-refractivity contribution < 1.29 is 36.1 Å². The second-order valence-corrected chi connectivity index (χ2v) is 16.4. The summed E-state index contributed by atoms with van der Waals surface area (Å²) in [7, 11) is -3.11. The summed E-state index contributed by atoms with van der Waals surface area (Å²) in [5.74, 6) is 0.495. The highest BCUT2D eigenvalue weighted by Gasteiger charge is 2.23. The monoisotopic (exact) mass is 951 g/mol. The van der Waals surface area contributed by atoms with E-state index in [1.165, 1.54) is 17.8 Å². The summed E-state index contributed by atoms with van der Waals surface area (Å²) in [4.78, 5) is 44.6. The maximum Gasteiger partial charge on any atom is 0.425 e. The van der Waals surface area contributed by atoms with Crippen LogP contribution in [0.4, 0.5) is 61.7 Å². The molecule has 0 bridgehead atoms. The van der Waals surface area contributed by atoms with Gasteiger partial charge in [0.2, 0.25) is 17.6 Å². The molecule has 0 aliphatic heterocycles. The zero-order valence-electron chi connectivity index (χ0n) is 33.7. The normalized spacial score (nSPS) is 11.3. The van der Waals surface area contributed by atoms with Crippen molar-refractivity contribution in [2.24, 2.45) is 20.5 Å². The number of carbonyl (C=O) groups excluding carboxylic acids is 2. The van der Waals surface area contributed by atoms with Gasteiger partial charge in [-0.3, -0.25) is 9.59 Å². The fourth-order valence-corrected chi connectivity index (χ4v) is 8.58. The first-order chi connectivity index (χ1) is 30.4. The molecule has 3 aromatic heterocycles. The first kappa shape index (κ1) is 49.3. The van der Waals surface area contributed by atoms with E-state index in [0.717, 1.165) is 47.1 Å². The molecule has 0 saturated heterocycles. The number of nitrogens with one attached hydrogen (secondary N) is 2. The van der Waals surface area contributed by atoms with Crippen LogP contribution in [0.1, 0.15) is 52.6 Å². The van der Waals surface area contributed by atoms with Gasteiger partial charge in [-0.05, 0) is 70.2 Å². The Kier molecular flexibility index (Phi) is 19.0. The molecule has 1 unspecified atom stereocenters. The lowest BCUT2D eigenvalue weighted by Gasteiger charge is -2.22. The largest absolute Gasteiger partial charge is 0.425 e. The Morgan fingerprint density at radius 3 is 1.78 bits per heavy atom. The number of aromatic nitrogens is 3. The number of anilines is 6. The van der Waals surface area contributed by atoms with Gasteiger partial charge in [-0.15, -0.1) is 50.6 Å². The number of nitrogens with zero attached hydrogens (tertiary/aromatic N) is 11. The lowest BCUT2D eigenvalue weighted by atomic mass is 10.2. The lowest BCUT2D eigenvalue weighted by Crippen LogP contribution is -2.21. The van der Waals surface area contributed by atoms with Crippen molar-refractivity contribution in [3.05, 3.63) is 69.2 Å². The standard InChI is InChI=1S/C37H37N13O5S4.O3S/c1-6-49(7-2)22-10-12-26(45-47-33-25(19-38)32(59(54)55)31(21-53)58-33)28(16-22)40-35-42-36(44-37(43-35)56-15-14-51)41-29-17-23(50(8-3)9-4)11-13-27(29)46-48-34-30(39-5)18-24(20-52)57-34;1-4(2)3/h10-13,16-18,20-21,51H,6-9,14-15H2,1-4H3,(H,54,55)(H2,40,41,42,43,44);. The maximum absolute atomic E-state index is 12.0. The van der Waals surface area contributed by atoms with Gasteiger partial charge in [-0.25, -0.2) is 9.05 Å². The molecule has 0 aliphatic rings. The minimum atomic E-state index is -3.11. The summed E-state index contributed by atoms with van der Waals surface area (Å²) in [5, 5.41) is 43.8. The highest BCUT2D eigenvalue weighted by molar-refractivity contribution is 7.99. The highest BCUT2D eigenvalue weighted by atomic mass is 32.2. The van der Waals surface area contributed by atoms with E-state index in [4.69, 9.17) is 19.2 Å². The molecule has 0 amide bonds. The Morgan fingerprint density at radius 2 is 1.35 bits per heavy atom. The van der Waals surface area contributed by atoms with Crippen LogP contribution in [0.3, 0.4) is 0 Å². The van der Waals surface area contributed by atoms with Crippen LogP contribution in [0.2, 0.25) is 0 Å². The predicted molar refractivity (Wildman–Crippen MR) is 242 cm³/mol. The van der Waals surface area contributed by atoms with Crippen LogP contribution in [-0.4, -0.2) is 92.6 Å². The molecule has 0 saturated carbocycles. The van der Waals surface area contributed by atoms with Crippen molar-refractivity contribution >= 4 is 130 Å². The lowest BCUT2D eigenvalue weighted by molar-refractivity contribution is 0.111. The molecule has 0 fully saturated rings. The Morgan fingerprint density at radius 1 is 0.825 bits per heavy atom. The van der Waals surface area contributed by atoms with Crippen molar-refractivity contribution in [3.8, 4) is 6.07 Å². The van der Waals surface area contributed by atoms with Crippen LogP contribution in [0.5, 0.6) is 0 Å². The zero-order chi connectivity index (χ0) is 46.1. The maximum atomic E-state index is 12.0. The third kappa shape index (κ3) is 13.3. The van der Waals surface area contributed by atoms with E-state index in [1.54, 1.807) is 12.1 Å². The third-order valence-electron chi connectivity index (χ3n) is 8.36. The third-order valence-corrected chi connectivity index (χ3v) is 12.0. The van der Waals surface area contributed by atoms with Crippen LogP contribution in [0, 0.1) is 17.9 Å². The summed E-state index contributed by atoms with van der Waals surface area (Å²) in [6.45, 7) is 18.3. The summed E-state index contributed by atoms with van der Waals surface area (Å²) in [6.07, 6.45) is 1.05. The number of carbonyl (C=O) groups is 2. The Labute approximate surface area is 377 Å². The number of aliphatic hydroxyl groups excluding tert-OH is 1. The molecule has 328 valence electrons. The molecule has 0 spiro atoms. The van der Waals surface area contributed by atoms with E-state index < -0.39 is 21.7 Å². The topological polar surface area (TPSA) is 290 Å². The fourth-order valence-electron chi connectivity index (χ4n) is 5.54. The molecule has 5 aromatic rings. The van der Waals surface area contributed by atoms with Crippen LogP contribution >= 0.6 is 34.4 Å². The molecule has 0 aliphatic carbocycles. The van der Waals surface area contributed by atoms with Gasteiger partial charge >= 0.3 is 10.6 Å². The molecule has 1 atom stereocenters. The minimum Gasteiger partial charge on any atom is -0.396 e. The van der Waals surface area contributed by atoms with Crippen LogP contribution in [0.25, 0.3) is 4.85 Å². The molecule has 3 heterocycles. The molecular formula is C37H37N13O8S5. The smallest absolute Gasteiger partial charge is 0.396 e. The molecule has 21 nitrogen and oxygen atoms in total. The van der Waals surface area contributed by atoms with Crippen molar-refractivity contribution in [1.29, 1.82) is 5.26 Å². The number of aliphatic hydroxyl groups is 1. The van der Waals surface area contributed by atoms with Crippen molar-refractivity contribution in [1.82, 2.24) is 15.0 Å². The average Bonchev–Trinajstić information content (AvgIpc) is 3.86. The SMILES string of the molecule is O=S(=O)=O.[C-]#[N+]c1cc(C=O)sc1N=Nc1ccc(N(CC)CC)cc1Nc1nc(Nc2cc(N(CC)CC)ccc2N=Nc2sc(C=O)c(S(=O)O)c2C#N)nc(SCCO)n1.